The van der Waals surface area contributed by atoms with Gasteiger partial charge in [0.15, 0.2) is 0 Å². The van der Waals surface area contributed by atoms with Crippen LogP contribution in [0.4, 0.5) is 0 Å². The van der Waals surface area contributed by atoms with Gasteiger partial charge in [0.25, 0.3) is 0 Å². The lowest BCUT2D eigenvalue weighted by Crippen LogP contribution is -2.46. The summed E-state index contributed by atoms with van der Waals surface area (Å²) < 4.78 is 0. The van der Waals surface area contributed by atoms with Gasteiger partial charge in [0, 0.05) is 23.4 Å². The first-order chi connectivity index (χ1) is 10.6. The molecule has 2 fully saturated rings. The summed E-state index contributed by atoms with van der Waals surface area (Å²) in [5, 5.41) is 6.50. The summed E-state index contributed by atoms with van der Waals surface area (Å²) in [5.41, 5.74) is 1.18. The average molecular weight is 321 g/mol. The molecule has 1 aromatic carbocycles. The number of benzene rings is 1. The minimum atomic E-state index is -0.370. The molecule has 1 atom stereocenters. The van der Waals surface area contributed by atoms with E-state index in [1.54, 1.807) is 0 Å². The zero-order valence-electron chi connectivity index (χ0n) is 12.5. The van der Waals surface area contributed by atoms with Gasteiger partial charge >= 0.3 is 0 Å². The third-order valence-corrected chi connectivity index (χ3v) is 5.15. The van der Waals surface area contributed by atoms with Gasteiger partial charge in [-0.3, -0.25) is 9.59 Å². The molecule has 1 heterocycles. The van der Waals surface area contributed by atoms with E-state index in [0.29, 0.717) is 19.4 Å². The van der Waals surface area contributed by atoms with Gasteiger partial charge in [-0.2, -0.15) is 0 Å². The van der Waals surface area contributed by atoms with Crippen molar-refractivity contribution in [2.75, 3.05) is 6.54 Å². The van der Waals surface area contributed by atoms with E-state index in [2.05, 4.69) is 16.7 Å². The Morgan fingerprint density at radius 1 is 1.36 bits per heavy atom. The second-order valence-corrected chi connectivity index (χ2v) is 6.81. The summed E-state index contributed by atoms with van der Waals surface area (Å²) in [6, 6.07) is 7.58. The van der Waals surface area contributed by atoms with Gasteiger partial charge in [-0.15, -0.1) is 0 Å². The van der Waals surface area contributed by atoms with Crippen molar-refractivity contribution < 1.29 is 9.59 Å². The van der Waals surface area contributed by atoms with Crippen molar-refractivity contribution in [1.29, 1.82) is 0 Å². The first-order valence-corrected chi connectivity index (χ1v) is 8.30. The van der Waals surface area contributed by atoms with E-state index >= 15 is 0 Å². The molecule has 1 aromatic rings. The fourth-order valence-electron chi connectivity index (χ4n) is 3.63. The predicted octanol–water partition coefficient (Wildman–Crippen LogP) is 2.55. The Labute approximate surface area is 135 Å². The van der Waals surface area contributed by atoms with Gasteiger partial charge < -0.3 is 10.6 Å². The van der Waals surface area contributed by atoms with Gasteiger partial charge in [-0.1, -0.05) is 36.6 Å². The smallest absolute Gasteiger partial charge is 0.242 e. The number of nitrogens with one attached hydrogen (secondary N) is 2. The zero-order chi connectivity index (χ0) is 15.6. The van der Waals surface area contributed by atoms with Crippen molar-refractivity contribution in [2.45, 2.75) is 50.0 Å². The van der Waals surface area contributed by atoms with E-state index in [9.17, 15) is 9.59 Å². The number of halogens is 1. The van der Waals surface area contributed by atoms with Gasteiger partial charge in [0.05, 0.1) is 0 Å². The lowest BCUT2D eigenvalue weighted by Gasteiger charge is -2.30. The van der Waals surface area contributed by atoms with Crippen molar-refractivity contribution in [1.82, 2.24) is 10.6 Å². The lowest BCUT2D eigenvalue weighted by molar-refractivity contribution is -0.125. The third kappa shape index (κ3) is 3.12. The highest BCUT2D eigenvalue weighted by atomic mass is 35.5. The molecule has 4 nitrogen and oxygen atoms in total. The average Bonchev–Trinajstić information content (AvgIpc) is 3.15. The number of amides is 2. The molecule has 1 saturated heterocycles. The molecular weight excluding hydrogens is 300 g/mol. The van der Waals surface area contributed by atoms with E-state index < -0.39 is 0 Å². The Morgan fingerprint density at radius 3 is 2.77 bits per heavy atom. The van der Waals surface area contributed by atoms with Crippen LogP contribution in [-0.2, 0) is 15.0 Å². The Hall–Kier alpha value is -1.55. The normalized spacial score (nSPS) is 23.3. The number of hydrogen-bond donors (Lipinski definition) is 2. The molecule has 2 aliphatic rings. The van der Waals surface area contributed by atoms with Crippen LogP contribution < -0.4 is 10.6 Å². The van der Waals surface area contributed by atoms with Crippen molar-refractivity contribution >= 4 is 23.4 Å². The van der Waals surface area contributed by atoms with Crippen LogP contribution in [0.25, 0.3) is 0 Å². The van der Waals surface area contributed by atoms with Gasteiger partial charge in [0.1, 0.15) is 6.04 Å². The van der Waals surface area contributed by atoms with Crippen LogP contribution in [0.1, 0.15) is 44.1 Å². The highest BCUT2D eigenvalue weighted by molar-refractivity contribution is 6.30. The molecule has 0 radical (unpaired) electrons. The SMILES string of the molecule is O=C1CC[C@H](C(=O)NCC2(c3cccc(Cl)c3)CCCC2)N1. The molecule has 118 valence electrons. The van der Waals surface area contributed by atoms with Crippen LogP contribution in [0, 0.1) is 0 Å². The third-order valence-electron chi connectivity index (χ3n) is 4.91. The zero-order valence-corrected chi connectivity index (χ0v) is 13.3. The predicted molar refractivity (Wildman–Crippen MR) is 85.8 cm³/mol. The largest absolute Gasteiger partial charge is 0.353 e. The van der Waals surface area contributed by atoms with Crippen LogP contribution in [0.5, 0.6) is 0 Å². The Balaban J connectivity index is 1.70. The number of carbonyl (C=O) groups excluding carboxylic acids is 2. The molecule has 0 bridgehead atoms. The molecule has 5 heteroatoms. The number of hydrogen-bond acceptors (Lipinski definition) is 2. The summed E-state index contributed by atoms with van der Waals surface area (Å²) >= 11 is 6.13. The van der Waals surface area contributed by atoms with Crippen LogP contribution >= 0.6 is 11.6 Å². The molecule has 2 amide bonds. The minimum absolute atomic E-state index is 0.0246. The van der Waals surface area contributed by atoms with Crippen molar-refractivity contribution in [2.24, 2.45) is 0 Å². The van der Waals surface area contributed by atoms with Crippen molar-refractivity contribution in [3.63, 3.8) is 0 Å². The molecule has 22 heavy (non-hydrogen) atoms. The fraction of sp³-hybridized carbons (Fsp3) is 0.529. The molecular formula is C17H21ClN2O2. The van der Waals surface area contributed by atoms with Crippen molar-refractivity contribution in [3.8, 4) is 0 Å². The van der Waals surface area contributed by atoms with Crippen LogP contribution in [0.2, 0.25) is 5.02 Å². The molecule has 2 N–H and O–H groups in total. The minimum Gasteiger partial charge on any atom is -0.353 e. The highest BCUT2D eigenvalue weighted by Gasteiger charge is 2.37. The molecule has 1 aliphatic carbocycles. The van der Waals surface area contributed by atoms with E-state index in [1.807, 2.05) is 18.2 Å². The molecule has 1 saturated carbocycles. The van der Waals surface area contributed by atoms with E-state index in [4.69, 9.17) is 11.6 Å². The Morgan fingerprint density at radius 2 is 2.14 bits per heavy atom. The van der Waals surface area contributed by atoms with Crippen LogP contribution in [-0.4, -0.2) is 24.4 Å². The fourth-order valence-corrected chi connectivity index (χ4v) is 3.82. The van der Waals surface area contributed by atoms with E-state index in [1.165, 1.54) is 18.4 Å². The quantitative estimate of drug-likeness (QED) is 0.895. The Bertz CT molecular complexity index is 582. The molecule has 0 unspecified atom stereocenters. The first kappa shape index (κ1) is 15.3. The standard InChI is InChI=1S/C17H21ClN2O2/c18-13-5-3-4-12(10-13)17(8-1-2-9-17)11-19-16(22)14-6-7-15(21)20-14/h3-5,10,14H,1-2,6-9,11H2,(H,19,22)(H,20,21)/t14-/m1/s1. The highest BCUT2D eigenvalue weighted by Crippen LogP contribution is 2.41. The maximum Gasteiger partial charge on any atom is 0.242 e. The van der Waals surface area contributed by atoms with Gasteiger partial charge in [-0.05, 0) is 37.0 Å². The van der Waals surface area contributed by atoms with Crippen LogP contribution in [0.3, 0.4) is 0 Å². The monoisotopic (exact) mass is 320 g/mol. The summed E-state index contributed by atoms with van der Waals surface area (Å²) in [6.07, 6.45) is 5.49. The lowest BCUT2D eigenvalue weighted by atomic mass is 9.78. The molecule has 0 aromatic heterocycles. The summed E-state index contributed by atoms with van der Waals surface area (Å²) in [5.74, 6) is -0.107. The van der Waals surface area contributed by atoms with E-state index in [-0.39, 0.29) is 23.3 Å². The maximum atomic E-state index is 12.2. The van der Waals surface area contributed by atoms with E-state index in [0.717, 1.165) is 17.9 Å². The van der Waals surface area contributed by atoms with Crippen molar-refractivity contribution in [3.05, 3.63) is 34.9 Å². The van der Waals surface area contributed by atoms with Gasteiger partial charge in [-0.25, -0.2) is 0 Å². The summed E-state index contributed by atoms with van der Waals surface area (Å²) in [4.78, 5) is 23.5. The second-order valence-electron chi connectivity index (χ2n) is 6.37. The summed E-state index contributed by atoms with van der Waals surface area (Å²) in [6.45, 7) is 0.610. The number of rotatable bonds is 4. The Kier molecular flexibility index (Phi) is 4.39. The molecule has 0 spiro atoms. The maximum absolute atomic E-state index is 12.2. The van der Waals surface area contributed by atoms with Crippen LogP contribution in [0.15, 0.2) is 24.3 Å². The topological polar surface area (TPSA) is 58.2 Å². The summed E-state index contributed by atoms with van der Waals surface area (Å²) in [7, 11) is 0. The van der Waals surface area contributed by atoms with Gasteiger partial charge in [0.2, 0.25) is 11.8 Å². The first-order valence-electron chi connectivity index (χ1n) is 7.92. The molecule has 3 rings (SSSR count). The molecule has 1 aliphatic heterocycles. The second kappa shape index (κ2) is 6.29. The number of carbonyl (C=O) groups is 2.